The number of ether oxygens (including phenoxy) is 2. The highest BCUT2D eigenvalue weighted by Crippen LogP contribution is 2.43. The summed E-state index contributed by atoms with van der Waals surface area (Å²) in [6.45, 7) is 3.30. The summed E-state index contributed by atoms with van der Waals surface area (Å²) in [6.07, 6.45) is 0.987. The van der Waals surface area contributed by atoms with Gasteiger partial charge in [0.25, 0.3) is 0 Å². The van der Waals surface area contributed by atoms with Crippen LogP contribution in [0.5, 0.6) is 11.5 Å². The van der Waals surface area contributed by atoms with E-state index < -0.39 is 0 Å². The molecule has 1 aliphatic rings. The van der Waals surface area contributed by atoms with Gasteiger partial charge in [-0.25, -0.2) is 0 Å². The summed E-state index contributed by atoms with van der Waals surface area (Å²) in [5.41, 5.74) is 3.55. The Morgan fingerprint density at radius 2 is 1.76 bits per heavy atom. The van der Waals surface area contributed by atoms with Crippen molar-refractivity contribution in [3.05, 3.63) is 58.1 Å². The Balaban J connectivity index is 2.03. The fraction of sp³-hybridized carbons (Fsp3) is 0.294. The van der Waals surface area contributed by atoms with Crippen molar-refractivity contribution in [1.82, 2.24) is 0 Å². The first kappa shape index (κ1) is 14.7. The second kappa shape index (κ2) is 6.29. The molecule has 1 aliphatic heterocycles. The molecule has 0 spiro atoms. The molecular formula is C17H16BrClO2. The molecule has 2 aromatic carbocycles. The van der Waals surface area contributed by atoms with Crippen LogP contribution in [0.4, 0.5) is 0 Å². The Morgan fingerprint density at radius 3 is 2.48 bits per heavy atom. The van der Waals surface area contributed by atoms with Crippen molar-refractivity contribution in [2.75, 3.05) is 13.2 Å². The number of rotatable bonds is 3. The monoisotopic (exact) mass is 366 g/mol. The summed E-state index contributed by atoms with van der Waals surface area (Å²) in [5.74, 6) is 1.48. The maximum atomic E-state index is 6.44. The number of hydrogen-bond donors (Lipinski definition) is 0. The van der Waals surface area contributed by atoms with E-state index in [2.05, 4.69) is 47.1 Å². The first-order valence-corrected chi connectivity index (χ1v) is 8.31. The normalized spacial score (nSPS) is 14.8. The summed E-state index contributed by atoms with van der Waals surface area (Å²) in [6, 6.07) is 12.2. The molecule has 1 atom stereocenters. The molecule has 0 fully saturated rings. The van der Waals surface area contributed by atoms with E-state index in [1.807, 2.05) is 12.1 Å². The van der Waals surface area contributed by atoms with Crippen molar-refractivity contribution in [2.45, 2.75) is 18.2 Å². The van der Waals surface area contributed by atoms with E-state index in [9.17, 15) is 0 Å². The zero-order valence-corrected chi connectivity index (χ0v) is 14.1. The molecule has 110 valence electrons. The van der Waals surface area contributed by atoms with Crippen LogP contribution in [-0.4, -0.2) is 13.2 Å². The molecule has 0 aliphatic carbocycles. The van der Waals surface area contributed by atoms with E-state index in [-0.39, 0.29) is 4.83 Å². The predicted molar refractivity (Wildman–Crippen MR) is 89.0 cm³/mol. The van der Waals surface area contributed by atoms with Crippen molar-refractivity contribution in [3.8, 4) is 11.5 Å². The number of alkyl halides is 1. The molecule has 0 saturated heterocycles. The van der Waals surface area contributed by atoms with Gasteiger partial charge in [0.05, 0.1) is 4.83 Å². The van der Waals surface area contributed by atoms with Gasteiger partial charge in [-0.2, -0.15) is 0 Å². The van der Waals surface area contributed by atoms with Crippen LogP contribution in [0, 0.1) is 0 Å². The first-order valence-electron chi connectivity index (χ1n) is 7.01. The number of halogens is 2. The average Bonchev–Trinajstić information content (AvgIpc) is 2.53. The second-order valence-electron chi connectivity index (χ2n) is 4.93. The highest BCUT2D eigenvalue weighted by molar-refractivity contribution is 9.09. The lowest BCUT2D eigenvalue weighted by Gasteiger charge is -2.22. The fourth-order valence-electron chi connectivity index (χ4n) is 2.54. The standard InChI is InChI=1S/C17H16BrClO2/c1-2-11-5-3-4-6-12(11)17(18)13-9-15-16(10-14(13)19)21-8-7-20-15/h3-6,9-10,17H,2,7-8H2,1H3. The molecule has 4 heteroatoms. The van der Waals surface area contributed by atoms with Crippen molar-refractivity contribution >= 4 is 27.5 Å². The Labute approximate surface area is 138 Å². The first-order chi connectivity index (χ1) is 10.2. The van der Waals surface area contributed by atoms with E-state index in [0.717, 1.165) is 23.5 Å². The summed E-state index contributed by atoms with van der Waals surface area (Å²) in [7, 11) is 0. The Hall–Kier alpha value is -1.19. The van der Waals surface area contributed by atoms with E-state index >= 15 is 0 Å². The van der Waals surface area contributed by atoms with Crippen LogP contribution in [-0.2, 0) is 6.42 Å². The largest absolute Gasteiger partial charge is 0.486 e. The van der Waals surface area contributed by atoms with Crippen LogP contribution in [0.15, 0.2) is 36.4 Å². The van der Waals surface area contributed by atoms with Crippen LogP contribution in [0.3, 0.4) is 0 Å². The quantitative estimate of drug-likeness (QED) is 0.698. The number of hydrogen-bond acceptors (Lipinski definition) is 2. The molecule has 0 bridgehead atoms. The Kier molecular flexibility index (Phi) is 4.41. The van der Waals surface area contributed by atoms with Gasteiger partial charge < -0.3 is 9.47 Å². The van der Waals surface area contributed by atoms with E-state index in [4.69, 9.17) is 21.1 Å². The Bertz CT molecular complexity index is 657. The Morgan fingerprint density at radius 1 is 1.10 bits per heavy atom. The molecule has 0 radical (unpaired) electrons. The molecular weight excluding hydrogens is 352 g/mol. The van der Waals surface area contributed by atoms with Gasteiger partial charge in [0.15, 0.2) is 11.5 Å². The second-order valence-corrected chi connectivity index (χ2v) is 6.26. The number of fused-ring (bicyclic) bond motifs is 1. The molecule has 1 heterocycles. The maximum Gasteiger partial charge on any atom is 0.162 e. The fourth-order valence-corrected chi connectivity index (χ4v) is 3.76. The zero-order valence-electron chi connectivity index (χ0n) is 11.7. The molecule has 21 heavy (non-hydrogen) atoms. The topological polar surface area (TPSA) is 18.5 Å². The third-order valence-electron chi connectivity index (χ3n) is 3.64. The van der Waals surface area contributed by atoms with Crippen LogP contribution in [0.25, 0.3) is 0 Å². The molecule has 0 amide bonds. The van der Waals surface area contributed by atoms with Gasteiger partial charge in [0.1, 0.15) is 13.2 Å². The minimum Gasteiger partial charge on any atom is -0.486 e. The highest BCUT2D eigenvalue weighted by atomic mass is 79.9. The van der Waals surface area contributed by atoms with Gasteiger partial charge in [-0.3, -0.25) is 0 Å². The third-order valence-corrected chi connectivity index (χ3v) is 4.96. The molecule has 3 rings (SSSR count). The maximum absolute atomic E-state index is 6.44. The van der Waals surface area contributed by atoms with Crippen molar-refractivity contribution in [1.29, 1.82) is 0 Å². The lowest BCUT2D eigenvalue weighted by atomic mass is 9.98. The van der Waals surface area contributed by atoms with E-state index in [1.54, 1.807) is 0 Å². The van der Waals surface area contributed by atoms with Crippen molar-refractivity contribution in [3.63, 3.8) is 0 Å². The van der Waals surface area contributed by atoms with Crippen molar-refractivity contribution < 1.29 is 9.47 Å². The zero-order chi connectivity index (χ0) is 14.8. The van der Waals surface area contributed by atoms with Gasteiger partial charge in [0.2, 0.25) is 0 Å². The van der Waals surface area contributed by atoms with Gasteiger partial charge >= 0.3 is 0 Å². The average molecular weight is 368 g/mol. The van der Waals surface area contributed by atoms with Crippen molar-refractivity contribution in [2.24, 2.45) is 0 Å². The van der Waals surface area contributed by atoms with Crippen LogP contribution < -0.4 is 9.47 Å². The van der Waals surface area contributed by atoms with Crippen LogP contribution >= 0.6 is 27.5 Å². The molecule has 2 aromatic rings. The van der Waals surface area contributed by atoms with Crippen LogP contribution in [0.1, 0.15) is 28.4 Å². The minimum atomic E-state index is 0.0389. The lowest BCUT2D eigenvalue weighted by molar-refractivity contribution is 0.171. The lowest BCUT2D eigenvalue weighted by Crippen LogP contribution is -2.15. The highest BCUT2D eigenvalue weighted by Gasteiger charge is 2.21. The minimum absolute atomic E-state index is 0.0389. The molecule has 1 unspecified atom stereocenters. The molecule has 0 saturated carbocycles. The third kappa shape index (κ3) is 2.90. The molecule has 2 nitrogen and oxygen atoms in total. The number of aryl methyl sites for hydroxylation is 1. The van der Waals surface area contributed by atoms with E-state index in [1.165, 1.54) is 11.1 Å². The van der Waals surface area contributed by atoms with E-state index in [0.29, 0.717) is 18.2 Å². The molecule has 0 aromatic heterocycles. The van der Waals surface area contributed by atoms with Gasteiger partial charge in [-0.15, -0.1) is 0 Å². The van der Waals surface area contributed by atoms with Crippen LogP contribution in [0.2, 0.25) is 5.02 Å². The van der Waals surface area contributed by atoms with Gasteiger partial charge in [-0.1, -0.05) is 58.7 Å². The summed E-state index contributed by atoms with van der Waals surface area (Å²) in [5, 5.41) is 0.687. The predicted octanol–water partition coefficient (Wildman–Crippen LogP) is 5.16. The summed E-state index contributed by atoms with van der Waals surface area (Å²) < 4.78 is 11.2. The SMILES string of the molecule is CCc1ccccc1C(Br)c1cc2c(cc1Cl)OCCO2. The van der Waals surface area contributed by atoms with Gasteiger partial charge in [-0.05, 0) is 29.2 Å². The number of benzene rings is 2. The van der Waals surface area contributed by atoms with Gasteiger partial charge in [0, 0.05) is 11.1 Å². The summed E-state index contributed by atoms with van der Waals surface area (Å²) in [4.78, 5) is 0.0389. The smallest absolute Gasteiger partial charge is 0.162 e. The molecule has 0 N–H and O–H groups in total. The summed E-state index contributed by atoms with van der Waals surface area (Å²) >= 11 is 10.2.